The van der Waals surface area contributed by atoms with Crippen LogP contribution in [0.4, 0.5) is 5.69 Å². The van der Waals surface area contributed by atoms with Gasteiger partial charge in [0, 0.05) is 23.9 Å². The zero-order valence-electron chi connectivity index (χ0n) is 12.0. The highest BCUT2D eigenvalue weighted by molar-refractivity contribution is 7.92. The summed E-state index contributed by atoms with van der Waals surface area (Å²) in [6, 6.07) is 4.78. The molecule has 0 aromatic heterocycles. The first-order valence-electron chi connectivity index (χ1n) is 6.95. The van der Waals surface area contributed by atoms with Crippen molar-refractivity contribution in [2.45, 2.75) is 25.0 Å². The van der Waals surface area contributed by atoms with Crippen LogP contribution < -0.4 is 15.8 Å². The number of carbonyl (C=O) groups is 1. The van der Waals surface area contributed by atoms with Crippen molar-refractivity contribution in [3.63, 3.8) is 0 Å². The van der Waals surface area contributed by atoms with Crippen LogP contribution in [-0.2, 0) is 9.84 Å². The molecule has 0 radical (unpaired) electrons. The summed E-state index contributed by atoms with van der Waals surface area (Å²) in [5.74, 6) is 0.391. The summed E-state index contributed by atoms with van der Waals surface area (Å²) in [6.07, 6.45) is 1.26. The summed E-state index contributed by atoms with van der Waals surface area (Å²) in [4.78, 5) is 12.1. The minimum Gasteiger partial charge on any atom is -0.494 e. The highest BCUT2D eigenvalue weighted by Gasteiger charge is 2.31. The summed E-state index contributed by atoms with van der Waals surface area (Å²) in [5.41, 5.74) is 6.53. The van der Waals surface area contributed by atoms with Crippen molar-refractivity contribution >= 4 is 21.4 Å². The lowest BCUT2D eigenvalue weighted by Crippen LogP contribution is -2.34. The van der Waals surface area contributed by atoms with Gasteiger partial charge in [0.15, 0.2) is 9.84 Å². The minimum atomic E-state index is -3.05. The lowest BCUT2D eigenvalue weighted by Gasteiger charge is -2.12. The first-order valence-corrected chi connectivity index (χ1v) is 8.67. The number of nitrogen functional groups attached to an aromatic ring is 1. The van der Waals surface area contributed by atoms with Gasteiger partial charge in [-0.3, -0.25) is 4.79 Å². The van der Waals surface area contributed by atoms with Crippen molar-refractivity contribution in [2.24, 2.45) is 0 Å². The summed E-state index contributed by atoms with van der Waals surface area (Å²) in [7, 11) is -3.05. The number of anilines is 1. The number of nitrogens with two attached hydrogens (primary N) is 1. The molecule has 1 aromatic rings. The topological polar surface area (TPSA) is 98.5 Å². The number of rotatable bonds is 5. The fraction of sp³-hybridized carbons (Fsp3) is 0.500. The van der Waals surface area contributed by atoms with E-state index in [0.717, 1.165) is 0 Å². The molecule has 0 bridgehead atoms. The Balaban J connectivity index is 2.03. The summed E-state index contributed by atoms with van der Waals surface area (Å²) in [6.45, 7) is 2.46. The zero-order chi connectivity index (χ0) is 15.5. The third-order valence-electron chi connectivity index (χ3n) is 3.46. The zero-order valence-corrected chi connectivity index (χ0v) is 12.8. The van der Waals surface area contributed by atoms with Gasteiger partial charge in [0.1, 0.15) is 5.75 Å². The number of hydrogen-bond acceptors (Lipinski definition) is 5. The second-order valence-electron chi connectivity index (χ2n) is 5.06. The number of nitrogens with one attached hydrogen (secondary N) is 1. The SMILES string of the molecule is CCOc1cc(N)cc(C(=O)NCC2CCCS2(=O)=O)c1. The van der Waals surface area contributed by atoms with Crippen LogP contribution in [0.5, 0.6) is 5.75 Å². The Labute approximate surface area is 124 Å². The van der Waals surface area contributed by atoms with E-state index in [9.17, 15) is 13.2 Å². The van der Waals surface area contributed by atoms with E-state index in [-0.39, 0.29) is 18.2 Å². The molecule has 1 saturated heterocycles. The van der Waals surface area contributed by atoms with Gasteiger partial charge in [-0.2, -0.15) is 0 Å². The van der Waals surface area contributed by atoms with Gasteiger partial charge in [-0.1, -0.05) is 0 Å². The predicted molar refractivity (Wildman–Crippen MR) is 81.2 cm³/mol. The molecule has 2 rings (SSSR count). The van der Waals surface area contributed by atoms with Gasteiger partial charge in [-0.15, -0.1) is 0 Å². The molecule has 1 aliphatic rings. The molecule has 1 amide bonds. The molecule has 6 nitrogen and oxygen atoms in total. The van der Waals surface area contributed by atoms with Crippen LogP contribution in [0.1, 0.15) is 30.1 Å². The van der Waals surface area contributed by atoms with Crippen LogP contribution in [0.15, 0.2) is 18.2 Å². The quantitative estimate of drug-likeness (QED) is 0.790. The third kappa shape index (κ3) is 3.87. The monoisotopic (exact) mass is 312 g/mol. The Morgan fingerprint density at radius 1 is 1.43 bits per heavy atom. The lowest BCUT2D eigenvalue weighted by molar-refractivity contribution is 0.0953. The van der Waals surface area contributed by atoms with Gasteiger partial charge < -0.3 is 15.8 Å². The highest BCUT2D eigenvalue weighted by atomic mass is 32.2. The van der Waals surface area contributed by atoms with Gasteiger partial charge in [0.25, 0.3) is 5.91 Å². The summed E-state index contributed by atoms with van der Waals surface area (Å²) in [5, 5.41) is 2.19. The van der Waals surface area contributed by atoms with E-state index >= 15 is 0 Å². The fourth-order valence-electron chi connectivity index (χ4n) is 2.40. The molecule has 0 saturated carbocycles. The maximum Gasteiger partial charge on any atom is 0.251 e. The van der Waals surface area contributed by atoms with Crippen LogP contribution in [0.3, 0.4) is 0 Å². The third-order valence-corrected chi connectivity index (χ3v) is 5.73. The van der Waals surface area contributed by atoms with Crippen LogP contribution in [-0.4, -0.2) is 38.5 Å². The first-order chi connectivity index (χ1) is 9.92. The van der Waals surface area contributed by atoms with E-state index < -0.39 is 15.1 Å². The molecule has 1 aliphatic heterocycles. The molecule has 3 N–H and O–H groups in total. The van der Waals surface area contributed by atoms with Crippen molar-refractivity contribution in [1.82, 2.24) is 5.32 Å². The summed E-state index contributed by atoms with van der Waals surface area (Å²) >= 11 is 0. The van der Waals surface area contributed by atoms with Crippen molar-refractivity contribution in [2.75, 3.05) is 24.6 Å². The Morgan fingerprint density at radius 2 is 2.19 bits per heavy atom. The fourth-order valence-corrected chi connectivity index (χ4v) is 4.16. The van der Waals surface area contributed by atoms with Crippen LogP contribution >= 0.6 is 0 Å². The van der Waals surface area contributed by atoms with Crippen molar-refractivity contribution < 1.29 is 17.9 Å². The Bertz CT molecular complexity index is 628. The van der Waals surface area contributed by atoms with Crippen LogP contribution in [0.2, 0.25) is 0 Å². The van der Waals surface area contributed by atoms with E-state index in [2.05, 4.69) is 5.32 Å². The van der Waals surface area contributed by atoms with Gasteiger partial charge in [-0.25, -0.2) is 8.42 Å². The van der Waals surface area contributed by atoms with Gasteiger partial charge in [0.05, 0.1) is 17.6 Å². The highest BCUT2D eigenvalue weighted by Crippen LogP contribution is 2.21. The number of hydrogen-bond donors (Lipinski definition) is 2. The molecule has 1 fully saturated rings. The number of sulfone groups is 1. The molecule has 0 spiro atoms. The van der Waals surface area contributed by atoms with E-state index in [1.807, 2.05) is 6.92 Å². The number of benzene rings is 1. The smallest absolute Gasteiger partial charge is 0.251 e. The predicted octanol–water partition coefficient (Wildman–Crippen LogP) is 0.974. The molecule has 7 heteroatoms. The number of ether oxygens (including phenoxy) is 1. The maximum atomic E-state index is 12.1. The molecule has 1 unspecified atom stereocenters. The molecule has 116 valence electrons. The number of amides is 1. The van der Waals surface area contributed by atoms with Gasteiger partial charge >= 0.3 is 0 Å². The van der Waals surface area contributed by atoms with E-state index in [1.54, 1.807) is 18.2 Å². The maximum absolute atomic E-state index is 12.1. The summed E-state index contributed by atoms with van der Waals surface area (Å²) < 4.78 is 28.8. The Hall–Kier alpha value is -1.76. The molecule has 1 aromatic carbocycles. The molecule has 21 heavy (non-hydrogen) atoms. The minimum absolute atomic E-state index is 0.139. The molecule has 1 atom stereocenters. The first kappa shape index (κ1) is 15.6. The molecular formula is C14H20N2O4S. The molecule has 1 heterocycles. The normalized spacial score (nSPS) is 20.1. The lowest BCUT2D eigenvalue weighted by atomic mass is 10.1. The molecule has 0 aliphatic carbocycles. The van der Waals surface area contributed by atoms with Crippen molar-refractivity contribution in [1.29, 1.82) is 0 Å². The number of carbonyl (C=O) groups excluding carboxylic acids is 1. The van der Waals surface area contributed by atoms with Gasteiger partial charge in [0.2, 0.25) is 0 Å². The van der Waals surface area contributed by atoms with E-state index in [1.165, 1.54) is 0 Å². The largest absolute Gasteiger partial charge is 0.494 e. The average molecular weight is 312 g/mol. The van der Waals surface area contributed by atoms with Crippen LogP contribution in [0.25, 0.3) is 0 Å². The standard InChI is InChI=1S/C14H20N2O4S/c1-2-20-12-7-10(6-11(15)8-12)14(17)16-9-13-4-3-5-21(13,18)19/h6-8,13H,2-5,9,15H2,1H3,(H,16,17). The Morgan fingerprint density at radius 3 is 2.81 bits per heavy atom. The average Bonchev–Trinajstić information content (AvgIpc) is 2.74. The van der Waals surface area contributed by atoms with E-state index in [0.29, 0.717) is 36.4 Å². The van der Waals surface area contributed by atoms with Crippen molar-refractivity contribution in [3.05, 3.63) is 23.8 Å². The Kier molecular flexibility index (Phi) is 4.72. The second kappa shape index (κ2) is 6.34. The van der Waals surface area contributed by atoms with Gasteiger partial charge in [-0.05, 0) is 31.9 Å². The second-order valence-corrected chi connectivity index (χ2v) is 7.47. The van der Waals surface area contributed by atoms with E-state index in [4.69, 9.17) is 10.5 Å². The van der Waals surface area contributed by atoms with Crippen LogP contribution in [0, 0.1) is 0 Å². The van der Waals surface area contributed by atoms with Crippen molar-refractivity contribution in [3.8, 4) is 5.75 Å². The molecular weight excluding hydrogens is 292 g/mol.